The van der Waals surface area contributed by atoms with Crippen LogP contribution in [0.3, 0.4) is 0 Å². The van der Waals surface area contributed by atoms with Gasteiger partial charge in [0.25, 0.3) is 0 Å². The lowest BCUT2D eigenvalue weighted by atomic mass is 9.99. The van der Waals surface area contributed by atoms with Crippen LogP contribution in [0.4, 0.5) is 5.69 Å². The number of esters is 2. The number of rotatable bonds is 4. The normalized spacial score (nSPS) is 14.0. The Bertz CT molecular complexity index is 1310. The molecule has 1 heterocycles. The molecule has 0 unspecified atom stereocenters. The maximum atomic E-state index is 13.5. The van der Waals surface area contributed by atoms with Crippen LogP contribution < -0.4 is 14.8 Å². The van der Waals surface area contributed by atoms with Crippen LogP contribution in [0.2, 0.25) is 0 Å². The summed E-state index contributed by atoms with van der Waals surface area (Å²) in [5, 5.41) is 2.90. The van der Waals surface area contributed by atoms with Crippen molar-refractivity contribution in [2.24, 2.45) is 0 Å². The van der Waals surface area contributed by atoms with Crippen molar-refractivity contribution in [3.8, 4) is 11.5 Å². The third-order valence-electron chi connectivity index (χ3n) is 5.31. The summed E-state index contributed by atoms with van der Waals surface area (Å²) < 4.78 is 11.1. The van der Waals surface area contributed by atoms with Crippen LogP contribution in [0.1, 0.15) is 32.6 Å². The van der Waals surface area contributed by atoms with E-state index in [0.717, 1.165) is 22.3 Å². The zero-order valence-electron chi connectivity index (χ0n) is 18.8. The lowest BCUT2D eigenvalue weighted by Gasteiger charge is -2.22. The van der Waals surface area contributed by atoms with Crippen molar-refractivity contribution >= 4 is 23.4 Å². The fourth-order valence-electron chi connectivity index (χ4n) is 3.87. The molecule has 0 saturated carbocycles. The van der Waals surface area contributed by atoms with E-state index in [-0.39, 0.29) is 11.3 Å². The van der Waals surface area contributed by atoms with Crippen LogP contribution in [0.5, 0.6) is 11.5 Å². The third kappa shape index (κ3) is 4.41. The van der Waals surface area contributed by atoms with Gasteiger partial charge in [0.2, 0.25) is 5.78 Å². The summed E-state index contributed by atoms with van der Waals surface area (Å²) in [6.45, 7) is 7.42. The van der Waals surface area contributed by atoms with Crippen LogP contribution in [-0.4, -0.2) is 17.7 Å². The highest BCUT2D eigenvalue weighted by Gasteiger charge is 2.34. The summed E-state index contributed by atoms with van der Waals surface area (Å²) in [5.41, 5.74) is 3.42. The molecule has 0 spiro atoms. The van der Waals surface area contributed by atoms with Gasteiger partial charge in [-0.15, -0.1) is 0 Å². The van der Waals surface area contributed by atoms with Crippen LogP contribution in [0.15, 0.2) is 71.9 Å². The monoisotopic (exact) mass is 441 g/mol. The number of benzene rings is 3. The van der Waals surface area contributed by atoms with Gasteiger partial charge in [0.15, 0.2) is 5.75 Å². The maximum absolute atomic E-state index is 13.5. The lowest BCUT2D eigenvalue weighted by Crippen LogP contribution is -2.31. The number of hydrogen-bond donors (Lipinski definition) is 1. The Labute approximate surface area is 191 Å². The van der Waals surface area contributed by atoms with Gasteiger partial charge in [-0.3, -0.25) is 4.79 Å². The second-order valence-corrected chi connectivity index (χ2v) is 8.08. The molecule has 3 aromatic rings. The summed E-state index contributed by atoms with van der Waals surface area (Å²) in [7, 11) is 0. The van der Waals surface area contributed by atoms with Gasteiger partial charge >= 0.3 is 11.9 Å². The van der Waals surface area contributed by atoms with Gasteiger partial charge in [-0.05, 0) is 57.0 Å². The number of carbonyl (C=O) groups excluding carboxylic acids is 3. The first kappa shape index (κ1) is 22.0. The maximum Gasteiger partial charge on any atom is 0.361 e. The Morgan fingerprint density at radius 2 is 1.55 bits per heavy atom. The minimum Gasteiger partial charge on any atom is -0.422 e. The van der Waals surface area contributed by atoms with Gasteiger partial charge < -0.3 is 14.8 Å². The van der Waals surface area contributed by atoms with Crippen LogP contribution in [-0.2, 0) is 9.59 Å². The van der Waals surface area contributed by atoms with Crippen molar-refractivity contribution in [3.05, 3.63) is 99.8 Å². The van der Waals surface area contributed by atoms with Crippen LogP contribution in [0.25, 0.3) is 0 Å². The number of carbonyl (C=O) groups is 3. The minimum atomic E-state index is -0.935. The Kier molecular flexibility index (Phi) is 5.84. The fourth-order valence-corrected chi connectivity index (χ4v) is 3.87. The third-order valence-corrected chi connectivity index (χ3v) is 5.31. The van der Waals surface area contributed by atoms with Crippen molar-refractivity contribution < 1.29 is 23.9 Å². The molecule has 166 valence electrons. The number of fused-ring (bicyclic) bond motifs is 1. The number of anilines is 1. The van der Waals surface area contributed by atoms with Crippen molar-refractivity contribution in [1.29, 1.82) is 0 Å². The van der Waals surface area contributed by atoms with Gasteiger partial charge in [-0.25, -0.2) is 9.59 Å². The van der Waals surface area contributed by atoms with Gasteiger partial charge in [0.05, 0.1) is 5.69 Å². The predicted octanol–water partition coefficient (Wildman–Crippen LogP) is 4.99. The zero-order chi connectivity index (χ0) is 23.7. The number of nitrogens with one attached hydrogen (secondary N) is 1. The molecule has 0 saturated heterocycles. The average Bonchev–Trinajstić information content (AvgIpc) is 2.76. The molecule has 3 aromatic carbocycles. The number of ether oxygens (including phenoxy) is 2. The van der Waals surface area contributed by atoms with E-state index < -0.39 is 23.3 Å². The molecule has 33 heavy (non-hydrogen) atoms. The number of para-hydroxylation sites is 2. The average molecular weight is 441 g/mol. The molecule has 1 N–H and O–H groups in total. The van der Waals surface area contributed by atoms with E-state index in [4.69, 9.17) is 9.47 Å². The smallest absolute Gasteiger partial charge is 0.361 e. The summed E-state index contributed by atoms with van der Waals surface area (Å²) >= 11 is 0. The van der Waals surface area contributed by atoms with Crippen molar-refractivity contribution in [2.45, 2.75) is 27.7 Å². The molecule has 1 aliphatic rings. The Hall–Kier alpha value is -4.19. The predicted molar refractivity (Wildman–Crippen MR) is 125 cm³/mol. The van der Waals surface area contributed by atoms with Gasteiger partial charge in [0, 0.05) is 5.56 Å². The van der Waals surface area contributed by atoms with E-state index in [9.17, 15) is 14.4 Å². The molecular formula is C27H23NO5. The van der Waals surface area contributed by atoms with E-state index in [1.807, 2.05) is 45.9 Å². The molecule has 6 heteroatoms. The number of ketones is 1. The van der Waals surface area contributed by atoms with E-state index in [2.05, 4.69) is 5.32 Å². The molecule has 0 radical (unpaired) electrons. The van der Waals surface area contributed by atoms with Crippen LogP contribution in [0, 0.1) is 27.7 Å². The van der Waals surface area contributed by atoms with E-state index in [1.54, 1.807) is 42.5 Å². The summed E-state index contributed by atoms with van der Waals surface area (Å²) in [4.78, 5) is 39.7. The Morgan fingerprint density at radius 3 is 2.24 bits per heavy atom. The van der Waals surface area contributed by atoms with Crippen molar-refractivity contribution in [3.63, 3.8) is 0 Å². The minimum absolute atomic E-state index is 0.257. The second-order valence-electron chi connectivity index (χ2n) is 8.08. The van der Waals surface area contributed by atoms with E-state index >= 15 is 0 Å². The molecule has 0 atom stereocenters. The Balaban J connectivity index is 1.83. The highest BCUT2D eigenvalue weighted by atomic mass is 16.5. The fraction of sp³-hybridized carbons (Fsp3) is 0.148. The van der Waals surface area contributed by atoms with Crippen LogP contribution >= 0.6 is 0 Å². The first-order chi connectivity index (χ1) is 15.7. The number of aryl methyl sites for hydroxylation is 4. The van der Waals surface area contributed by atoms with Gasteiger partial charge in [-0.2, -0.15) is 0 Å². The molecule has 6 nitrogen and oxygen atoms in total. The number of Topliss-reactive ketones (excluding diaryl/α,β-unsaturated/α-hetero) is 1. The molecule has 1 aliphatic heterocycles. The first-order valence-electron chi connectivity index (χ1n) is 10.5. The second kappa shape index (κ2) is 8.74. The summed E-state index contributed by atoms with van der Waals surface area (Å²) in [5.74, 6) is -1.74. The summed E-state index contributed by atoms with van der Waals surface area (Å²) in [6, 6.07) is 17.3. The van der Waals surface area contributed by atoms with Crippen molar-refractivity contribution in [2.75, 3.05) is 5.32 Å². The SMILES string of the molecule is Cc1cccc(C(=O)C(C(=O)Oc2c(C)cc(C)cc2C)=C2Nc3ccccc3OC2=O)c1. The highest BCUT2D eigenvalue weighted by molar-refractivity contribution is 6.28. The largest absolute Gasteiger partial charge is 0.422 e. The summed E-state index contributed by atoms with van der Waals surface area (Å²) in [6.07, 6.45) is 0. The standard InChI is InChI=1S/C27H23NO5/c1-15-8-7-9-19(14-15)24(29)22(23-27(31)32-21-11-6-5-10-20(21)28-23)26(30)33-25-17(3)12-16(2)13-18(25)4/h5-14,28H,1-4H3. The molecule has 0 bridgehead atoms. The molecule has 0 amide bonds. The zero-order valence-corrected chi connectivity index (χ0v) is 18.8. The lowest BCUT2D eigenvalue weighted by molar-refractivity contribution is -0.133. The quantitative estimate of drug-likeness (QED) is 0.153. The number of hydrogen-bond acceptors (Lipinski definition) is 6. The molecule has 0 aromatic heterocycles. The van der Waals surface area contributed by atoms with Crippen molar-refractivity contribution in [1.82, 2.24) is 0 Å². The van der Waals surface area contributed by atoms with E-state index in [0.29, 0.717) is 17.2 Å². The Morgan fingerprint density at radius 1 is 0.848 bits per heavy atom. The van der Waals surface area contributed by atoms with E-state index in [1.165, 1.54) is 0 Å². The highest BCUT2D eigenvalue weighted by Crippen LogP contribution is 2.33. The molecule has 0 fully saturated rings. The topological polar surface area (TPSA) is 81.7 Å². The molecule has 4 rings (SSSR count). The van der Waals surface area contributed by atoms with Gasteiger partial charge in [-0.1, -0.05) is 53.6 Å². The first-order valence-corrected chi connectivity index (χ1v) is 10.5. The molecule has 0 aliphatic carbocycles. The van der Waals surface area contributed by atoms with Gasteiger partial charge in [0.1, 0.15) is 17.0 Å². The molecular weight excluding hydrogens is 418 g/mol.